The number of piperidine rings is 1. The highest BCUT2D eigenvalue weighted by atomic mass is 19.1. The normalized spacial score (nSPS) is 21.0. The molecule has 1 fully saturated rings. The summed E-state index contributed by atoms with van der Waals surface area (Å²) in [7, 11) is 0. The molecule has 2 aliphatic rings. The topological polar surface area (TPSA) is 52.9 Å². The summed E-state index contributed by atoms with van der Waals surface area (Å²) in [6.07, 6.45) is 0.729. The number of likely N-dealkylation sites (tertiary alicyclic amines) is 1. The van der Waals surface area contributed by atoms with E-state index in [9.17, 15) is 14.6 Å². The van der Waals surface area contributed by atoms with Crippen LogP contribution in [0.1, 0.15) is 42.6 Å². The van der Waals surface area contributed by atoms with E-state index in [-0.39, 0.29) is 5.82 Å². The quantitative estimate of drug-likeness (QED) is 0.616. The number of hydrogen-bond donors (Lipinski definition) is 2. The summed E-state index contributed by atoms with van der Waals surface area (Å²) >= 11 is 0. The number of nitrogens with zero attached hydrogens (tertiary/aromatic N) is 1. The van der Waals surface area contributed by atoms with Gasteiger partial charge in [0.25, 0.3) is 0 Å². The third-order valence-electron chi connectivity index (χ3n) is 6.82. The van der Waals surface area contributed by atoms with Crippen molar-refractivity contribution in [3.05, 3.63) is 89.7 Å². The Hall–Kier alpha value is -2.73. The van der Waals surface area contributed by atoms with Crippen LogP contribution in [0.5, 0.6) is 5.75 Å². The smallest absolute Gasteiger partial charge is 0.126 e. The number of benzene rings is 3. The zero-order valence-corrected chi connectivity index (χ0v) is 18.0. The maximum atomic E-state index is 13.5. The Morgan fingerprint density at radius 3 is 2.38 bits per heavy atom. The van der Waals surface area contributed by atoms with Crippen LogP contribution in [0.25, 0.3) is 11.1 Å². The molecule has 166 valence electrons. The largest absolute Gasteiger partial charge is 0.487 e. The molecule has 0 unspecified atom stereocenters. The fourth-order valence-electron chi connectivity index (χ4n) is 4.94. The zero-order chi connectivity index (χ0) is 22.1. The average Bonchev–Trinajstić information content (AvgIpc) is 2.82. The number of fused-ring (bicyclic) bond motifs is 1. The highest BCUT2D eigenvalue weighted by molar-refractivity contribution is 5.63. The van der Waals surface area contributed by atoms with Crippen LogP contribution in [-0.4, -0.2) is 40.3 Å². The van der Waals surface area contributed by atoms with E-state index >= 15 is 0 Å². The average molecular weight is 434 g/mol. The monoisotopic (exact) mass is 433 g/mol. The number of rotatable bonds is 4. The van der Waals surface area contributed by atoms with Crippen molar-refractivity contribution in [3.8, 4) is 16.9 Å². The summed E-state index contributed by atoms with van der Waals surface area (Å²) in [5.41, 5.74) is 3.31. The molecule has 2 atom stereocenters. The number of aliphatic hydroxyl groups excluding tert-OH is 2. The number of hydrogen-bond acceptors (Lipinski definition) is 4. The van der Waals surface area contributed by atoms with Gasteiger partial charge in [-0.2, -0.15) is 0 Å². The number of β-amino-alcohol motifs (C(OH)–C–C–N with tert-alkyl or cyclic N) is 1. The molecule has 0 radical (unpaired) electrons. The van der Waals surface area contributed by atoms with E-state index < -0.39 is 17.8 Å². The van der Waals surface area contributed by atoms with Crippen molar-refractivity contribution in [2.75, 3.05) is 19.6 Å². The minimum Gasteiger partial charge on any atom is -0.487 e. The van der Waals surface area contributed by atoms with Gasteiger partial charge in [0.2, 0.25) is 0 Å². The second kappa shape index (κ2) is 8.66. The predicted octanol–water partition coefficient (Wildman–Crippen LogP) is 4.88. The number of aliphatic hydroxyl groups is 2. The first-order valence-electron chi connectivity index (χ1n) is 11.2. The second-order valence-corrected chi connectivity index (χ2v) is 8.99. The SMILES string of the molecule is O[C@H](CN1CCC2(CC1)C[C@H](O)c1cc(F)ccc1O2)c1ccc(-c2ccccc2)cc1. The Labute approximate surface area is 187 Å². The van der Waals surface area contributed by atoms with Crippen LogP contribution in [0.2, 0.25) is 0 Å². The van der Waals surface area contributed by atoms with Crippen LogP contribution in [0.15, 0.2) is 72.8 Å². The minimum atomic E-state index is -0.713. The summed E-state index contributed by atoms with van der Waals surface area (Å²) in [4.78, 5) is 2.25. The van der Waals surface area contributed by atoms with Crippen molar-refractivity contribution < 1.29 is 19.3 Å². The molecule has 0 bridgehead atoms. The summed E-state index contributed by atoms with van der Waals surface area (Å²) in [6, 6.07) is 22.6. The Morgan fingerprint density at radius 2 is 1.66 bits per heavy atom. The maximum Gasteiger partial charge on any atom is 0.126 e. The van der Waals surface area contributed by atoms with Crippen molar-refractivity contribution in [3.63, 3.8) is 0 Å². The molecule has 0 aliphatic carbocycles. The first-order valence-corrected chi connectivity index (χ1v) is 11.2. The predicted molar refractivity (Wildman–Crippen MR) is 122 cm³/mol. The van der Waals surface area contributed by atoms with Crippen LogP contribution in [0.4, 0.5) is 4.39 Å². The molecule has 0 saturated carbocycles. The molecule has 2 heterocycles. The maximum absolute atomic E-state index is 13.5. The van der Waals surface area contributed by atoms with E-state index in [1.807, 2.05) is 30.3 Å². The molecular formula is C27H28FNO3. The summed E-state index contributed by atoms with van der Waals surface area (Å²) in [5.74, 6) is 0.222. The van der Waals surface area contributed by atoms with Gasteiger partial charge in [-0.15, -0.1) is 0 Å². The lowest BCUT2D eigenvalue weighted by Crippen LogP contribution is -2.51. The first-order chi connectivity index (χ1) is 15.5. The van der Waals surface area contributed by atoms with Crippen LogP contribution in [0.3, 0.4) is 0 Å². The molecule has 5 heteroatoms. The Bertz CT molecular complexity index is 1060. The fourth-order valence-corrected chi connectivity index (χ4v) is 4.94. The molecule has 4 nitrogen and oxygen atoms in total. The van der Waals surface area contributed by atoms with Crippen LogP contribution >= 0.6 is 0 Å². The lowest BCUT2D eigenvalue weighted by Gasteiger charge is -2.46. The van der Waals surface area contributed by atoms with Crippen molar-refractivity contribution in [2.45, 2.75) is 37.1 Å². The van der Waals surface area contributed by atoms with Crippen LogP contribution < -0.4 is 4.74 Å². The lowest BCUT2D eigenvalue weighted by molar-refractivity contribution is -0.0589. The molecule has 1 saturated heterocycles. The summed E-state index contributed by atoms with van der Waals surface area (Å²) in [5, 5.41) is 21.4. The van der Waals surface area contributed by atoms with Crippen LogP contribution in [0, 0.1) is 5.82 Å². The third-order valence-corrected chi connectivity index (χ3v) is 6.82. The van der Waals surface area contributed by atoms with E-state index in [0.29, 0.717) is 24.3 Å². The molecule has 32 heavy (non-hydrogen) atoms. The van der Waals surface area contributed by atoms with E-state index in [2.05, 4.69) is 29.2 Å². The van der Waals surface area contributed by atoms with Gasteiger partial charge in [0, 0.05) is 31.6 Å². The summed E-state index contributed by atoms with van der Waals surface area (Å²) < 4.78 is 19.8. The zero-order valence-electron chi connectivity index (χ0n) is 18.0. The molecule has 3 aromatic rings. The van der Waals surface area contributed by atoms with Crippen molar-refractivity contribution in [1.29, 1.82) is 0 Å². The highest BCUT2D eigenvalue weighted by Gasteiger charge is 2.43. The summed E-state index contributed by atoms with van der Waals surface area (Å²) in [6.45, 7) is 2.12. The van der Waals surface area contributed by atoms with Crippen molar-refractivity contribution in [1.82, 2.24) is 4.90 Å². The van der Waals surface area contributed by atoms with Crippen molar-refractivity contribution >= 4 is 0 Å². The first kappa shape index (κ1) is 21.1. The Kier molecular flexibility index (Phi) is 5.72. The molecular weight excluding hydrogens is 405 g/mol. The molecule has 2 aliphatic heterocycles. The van der Waals surface area contributed by atoms with Gasteiger partial charge in [0.1, 0.15) is 17.2 Å². The lowest BCUT2D eigenvalue weighted by atomic mass is 9.81. The van der Waals surface area contributed by atoms with Gasteiger partial charge in [-0.25, -0.2) is 4.39 Å². The standard InChI is InChI=1S/C27H28FNO3/c28-22-10-11-26-23(16-22)24(30)17-27(32-26)12-14-29(15-13-27)18-25(31)21-8-6-20(7-9-21)19-4-2-1-3-5-19/h1-11,16,24-25,30-31H,12-15,17-18H2/t24-,25+/m0/s1. The molecule has 1 spiro atoms. The van der Waals surface area contributed by atoms with E-state index in [4.69, 9.17) is 4.74 Å². The Morgan fingerprint density at radius 1 is 0.969 bits per heavy atom. The van der Waals surface area contributed by atoms with Crippen molar-refractivity contribution in [2.24, 2.45) is 0 Å². The van der Waals surface area contributed by atoms with Gasteiger partial charge in [0.05, 0.1) is 12.2 Å². The van der Waals surface area contributed by atoms with Gasteiger partial charge >= 0.3 is 0 Å². The molecule has 0 amide bonds. The third kappa shape index (κ3) is 4.29. The second-order valence-electron chi connectivity index (χ2n) is 8.99. The van der Waals surface area contributed by atoms with E-state index in [1.54, 1.807) is 6.07 Å². The molecule has 3 aromatic carbocycles. The molecule has 2 N–H and O–H groups in total. The highest BCUT2D eigenvalue weighted by Crippen LogP contribution is 2.44. The van der Waals surface area contributed by atoms with E-state index in [1.165, 1.54) is 12.1 Å². The van der Waals surface area contributed by atoms with Gasteiger partial charge < -0.3 is 19.8 Å². The fraction of sp³-hybridized carbons (Fsp3) is 0.333. The van der Waals surface area contributed by atoms with Gasteiger partial charge in [-0.05, 0) is 47.7 Å². The van der Waals surface area contributed by atoms with Gasteiger partial charge in [-0.3, -0.25) is 0 Å². The van der Waals surface area contributed by atoms with E-state index in [0.717, 1.165) is 42.6 Å². The minimum absolute atomic E-state index is 0.358. The van der Waals surface area contributed by atoms with Gasteiger partial charge in [0.15, 0.2) is 0 Å². The van der Waals surface area contributed by atoms with Crippen LogP contribution in [-0.2, 0) is 0 Å². The van der Waals surface area contributed by atoms with Gasteiger partial charge in [-0.1, -0.05) is 54.6 Å². The molecule has 0 aromatic heterocycles. The number of ether oxygens (including phenoxy) is 1. The molecule has 5 rings (SSSR count). The Balaban J connectivity index is 1.19. The number of halogens is 1.